The van der Waals surface area contributed by atoms with E-state index < -0.39 is 0 Å². The maximum absolute atomic E-state index is 12.5. The van der Waals surface area contributed by atoms with Gasteiger partial charge in [-0.1, -0.05) is 104 Å². The first-order chi connectivity index (χ1) is 24.9. The molecule has 0 aromatic heterocycles. The van der Waals surface area contributed by atoms with Gasteiger partial charge in [-0.2, -0.15) is 0 Å². The Labute approximate surface area is 350 Å². The van der Waals surface area contributed by atoms with Gasteiger partial charge in [-0.15, -0.1) is 0 Å². The number of carbonyl (C=O) groups excluding carboxylic acids is 2. The smallest absolute Gasteiger partial charge is 0.222 e. The highest BCUT2D eigenvalue weighted by Crippen LogP contribution is 2.12. The molecule has 8 nitrogen and oxygen atoms in total. The van der Waals surface area contributed by atoms with E-state index in [1.165, 1.54) is 129 Å². The zero-order valence-electron chi connectivity index (χ0n) is 37.4. The van der Waals surface area contributed by atoms with Crippen LogP contribution in [0, 0.1) is 0 Å². The first kappa shape index (κ1) is 57.7. The molecule has 0 atom stereocenters. The molecule has 0 aromatic carbocycles. The van der Waals surface area contributed by atoms with E-state index >= 15 is 0 Å². The van der Waals surface area contributed by atoms with Crippen LogP contribution in [-0.2, 0) is 9.59 Å². The van der Waals surface area contributed by atoms with E-state index in [1.807, 2.05) is 23.9 Å². The summed E-state index contributed by atoms with van der Waals surface area (Å²) in [6.45, 7) is 15.2. The number of nitrogens with one attached hydrogen (secondary N) is 2. The quantitative estimate of drug-likeness (QED) is 0.0742. The lowest BCUT2D eigenvalue weighted by molar-refractivity contribution is -0.890. The molecule has 0 heterocycles. The third-order valence-electron chi connectivity index (χ3n) is 11.0. The molecule has 0 aliphatic heterocycles. The molecule has 0 aliphatic rings. The van der Waals surface area contributed by atoms with Crippen molar-refractivity contribution in [1.82, 2.24) is 20.4 Å². The van der Waals surface area contributed by atoms with Crippen LogP contribution in [0.25, 0.3) is 0 Å². The Morgan fingerprint density at radius 1 is 0.407 bits per heavy atom. The van der Waals surface area contributed by atoms with E-state index in [4.69, 9.17) is 0 Å². The van der Waals surface area contributed by atoms with Crippen LogP contribution in [0.4, 0.5) is 0 Å². The lowest BCUT2D eigenvalue weighted by Crippen LogP contribution is -3.00. The highest BCUT2D eigenvalue weighted by atomic mass is 35.5. The average Bonchev–Trinajstić information content (AvgIpc) is 3.10. The molecule has 0 radical (unpaired) electrons. The Bertz CT molecular complexity index is 767. The number of hydrogen-bond acceptors (Lipinski definition) is 4. The number of halogens is 2. The minimum Gasteiger partial charge on any atom is -1.00 e. The summed E-state index contributed by atoms with van der Waals surface area (Å²) in [6.07, 6.45) is 28.9. The minimum absolute atomic E-state index is 0. The van der Waals surface area contributed by atoms with E-state index in [0.717, 1.165) is 87.0 Å². The lowest BCUT2D eigenvalue weighted by atomic mass is 10.1. The molecule has 0 rings (SSSR count). The summed E-state index contributed by atoms with van der Waals surface area (Å²) in [5.41, 5.74) is 0. The monoisotopic (exact) mass is 809 g/mol. The molecule has 326 valence electrons. The van der Waals surface area contributed by atoms with E-state index in [1.54, 1.807) is 0 Å². The van der Waals surface area contributed by atoms with Gasteiger partial charge >= 0.3 is 0 Å². The zero-order valence-corrected chi connectivity index (χ0v) is 38.9. The summed E-state index contributed by atoms with van der Waals surface area (Å²) >= 11 is 0. The van der Waals surface area contributed by atoms with Crippen LogP contribution in [0.15, 0.2) is 0 Å². The van der Waals surface area contributed by atoms with Crippen molar-refractivity contribution in [2.75, 3.05) is 108 Å². The molecule has 0 spiro atoms. The SMILES string of the molecule is CCCCCCCCCCC(=O)N(C)CCC[N+](C)(C)CCCNCCCCNCCC[N+](C)(C)CCCN(C)C(=O)CCCCCCCCCC.[Cl-].[Cl-]. The molecule has 0 saturated heterocycles. The molecule has 2 amide bonds. The lowest BCUT2D eigenvalue weighted by Gasteiger charge is -2.31. The van der Waals surface area contributed by atoms with Crippen molar-refractivity contribution >= 4 is 11.8 Å². The molecule has 10 heteroatoms. The molecule has 0 aliphatic carbocycles. The topological polar surface area (TPSA) is 64.7 Å². The first-order valence-corrected chi connectivity index (χ1v) is 22.5. The maximum Gasteiger partial charge on any atom is 0.222 e. The fraction of sp³-hybridized carbons (Fsp3) is 0.955. The molecule has 0 unspecified atom stereocenters. The number of hydrogen-bond donors (Lipinski definition) is 2. The van der Waals surface area contributed by atoms with E-state index in [9.17, 15) is 9.59 Å². The largest absolute Gasteiger partial charge is 1.00 e. The number of rotatable bonds is 39. The van der Waals surface area contributed by atoms with Gasteiger partial charge in [0.1, 0.15) is 0 Å². The van der Waals surface area contributed by atoms with Gasteiger partial charge in [0.15, 0.2) is 0 Å². The highest BCUT2D eigenvalue weighted by Gasteiger charge is 2.17. The summed E-state index contributed by atoms with van der Waals surface area (Å²) in [7, 11) is 13.3. The summed E-state index contributed by atoms with van der Waals surface area (Å²) in [5.74, 6) is 0.645. The second-order valence-electron chi connectivity index (χ2n) is 17.5. The molecular weight excluding hydrogens is 715 g/mol. The van der Waals surface area contributed by atoms with Crippen LogP contribution in [0.5, 0.6) is 0 Å². The third-order valence-corrected chi connectivity index (χ3v) is 11.0. The Hall–Kier alpha value is -0.640. The minimum atomic E-state index is 0. The predicted molar refractivity (Wildman–Crippen MR) is 227 cm³/mol. The molecule has 0 fully saturated rings. The second-order valence-corrected chi connectivity index (χ2v) is 17.5. The van der Waals surface area contributed by atoms with Crippen LogP contribution in [0.3, 0.4) is 0 Å². The third kappa shape index (κ3) is 38.2. The summed E-state index contributed by atoms with van der Waals surface area (Å²) in [5, 5.41) is 7.30. The Morgan fingerprint density at radius 2 is 0.685 bits per heavy atom. The average molecular weight is 810 g/mol. The number of amides is 2. The molecule has 0 bridgehead atoms. The highest BCUT2D eigenvalue weighted by molar-refractivity contribution is 5.76. The van der Waals surface area contributed by atoms with Gasteiger partial charge in [0.05, 0.1) is 54.4 Å². The number of unbranched alkanes of at least 4 members (excludes halogenated alkanes) is 15. The normalized spacial score (nSPS) is 11.6. The Balaban J connectivity index is -0.0000130. The zero-order chi connectivity index (χ0) is 38.8. The summed E-state index contributed by atoms with van der Waals surface area (Å²) in [6, 6.07) is 0. The molecule has 54 heavy (non-hydrogen) atoms. The summed E-state index contributed by atoms with van der Waals surface area (Å²) < 4.78 is 2.05. The standard InChI is InChI=1S/C44H94N6O2.2ClH/c1-9-11-13-15-17-19-21-23-31-43(51)47(3)37-29-41-49(5,6)39-27-35-45-33-25-26-34-46-36-28-40-50(7,8)42-30-38-48(4)44(52)32-24-22-20-18-16-14-12-10-2;;/h45-46H,9-42H2,1-8H3;2*1H/q+2;;/p-2. The maximum atomic E-state index is 12.5. The van der Waals surface area contributed by atoms with Gasteiger partial charge in [-0.3, -0.25) is 9.59 Å². The molecule has 0 saturated carbocycles. The van der Waals surface area contributed by atoms with Crippen LogP contribution >= 0.6 is 0 Å². The van der Waals surface area contributed by atoms with Crippen molar-refractivity contribution in [3.8, 4) is 0 Å². The van der Waals surface area contributed by atoms with Crippen molar-refractivity contribution in [2.24, 2.45) is 0 Å². The van der Waals surface area contributed by atoms with Gasteiger partial charge in [-0.25, -0.2) is 0 Å². The Kier molecular flexibility index (Phi) is 41.9. The van der Waals surface area contributed by atoms with E-state index in [2.05, 4.69) is 52.7 Å². The van der Waals surface area contributed by atoms with E-state index in [0.29, 0.717) is 24.7 Å². The van der Waals surface area contributed by atoms with Gasteiger partial charge in [0, 0.05) is 78.8 Å². The van der Waals surface area contributed by atoms with Gasteiger partial charge in [0.2, 0.25) is 11.8 Å². The van der Waals surface area contributed by atoms with Crippen LogP contribution in [0.1, 0.15) is 168 Å². The number of nitrogens with zero attached hydrogens (tertiary/aromatic N) is 4. The fourth-order valence-corrected chi connectivity index (χ4v) is 7.16. The first-order valence-electron chi connectivity index (χ1n) is 22.5. The number of quaternary nitrogens is 2. The van der Waals surface area contributed by atoms with Crippen LogP contribution < -0.4 is 35.4 Å². The van der Waals surface area contributed by atoms with Gasteiger partial charge in [0.25, 0.3) is 0 Å². The molecular formula is C44H94Cl2N6O2. The second kappa shape index (κ2) is 39.2. The van der Waals surface area contributed by atoms with Crippen molar-refractivity contribution in [2.45, 2.75) is 168 Å². The van der Waals surface area contributed by atoms with Gasteiger partial charge in [-0.05, 0) is 38.8 Å². The van der Waals surface area contributed by atoms with Crippen LogP contribution in [0.2, 0.25) is 0 Å². The molecule has 2 N–H and O–H groups in total. The van der Waals surface area contributed by atoms with Crippen molar-refractivity contribution in [1.29, 1.82) is 0 Å². The fourth-order valence-electron chi connectivity index (χ4n) is 7.16. The van der Waals surface area contributed by atoms with Crippen LogP contribution in [-0.4, -0.2) is 138 Å². The van der Waals surface area contributed by atoms with Crippen molar-refractivity contribution in [3.05, 3.63) is 0 Å². The van der Waals surface area contributed by atoms with E-state index in [-0.39, 0.29) is 24.8 Å². The number of carbonyl (C=O) groups is 2. The predicted octanol–water partition coefficient (Wildman–Crippen LogP) is 2.65. The molecule has 0 aromatic rings. The Morgan fingerprint density at radius 3 is 1.02 bits per heavy atom. The van der Waals surface area contributed by atoms with Crippen molar-refractivity contribution in [3.63, 3.8) is 0 Å². The van der Waals surface area contributed by atoms with Gasteiger partial charge < -0.3 is 54.2 Å². The summed E-state index contributed by atoms with van der Waals surface area (Å²) in [4.78, 5) is 28.9. The van der Waals surface area contributed by atoms with Crippen molar-refractivity contribution < 1.29 is 43.4 Å².